The van der Waals surface area contributed by atoms with Crippen molar-refractivity contribution in [2.45, 2.75) is 57.2 Å². The summed E-state index contributed by atoms with van der Waals surface area (Å²) in [5.41, 5.74) is 6.55. The molecule has 2 saturated heterocycles. The van der Waals surface area contributed by atoms with E-state index in [0.29, 0.717) is 35.2 Å². The number of rotatable bonds is 6. The fourth-order valence-electron chi connectivity index (χ4n) is 4.39. The molecule has 8 heteroatoms. The standard InChI is InChI=1S/C20H28ClN3O4/c1-3-28-19(25)11-24-13-5-4-6-14(24)8-12(7-13)23-20(26)15-9-16(21)17(22)10-18(15)27-2/h9-10,12-14H,3-8,11,22H2,1-2H3,(H,23,26). The number of nitrogens with two attached hydrogens (primary N) is 1. The number of esters is 1. The van der Waals surface area contributed by atoms with E-state index in [0.717, 1.165) is 32.1 Å². The molecule has 2 bridgehead atoms. The van der Waals surface area contributed by atoms with Crippen LogP contribution in [0.3, 0.4) is 0 Å². The van der Waals surface area contributed by atoms with Gasteiger partial charge in [-0.3, -0.25) is 14.5 Å². The van der Waals surface area contributed by atoms with E-state index in [1.54, 1.807) is 12.1 Å². The Balaban J connectivity index is 1.68. The Labute approximate surface area is 170 Å². The van der Waals surface area contributed by atoms with Crippen molar-refractivity contribution in [3.05, 3.63) is 22.7 Å². The van der Waals surface area contributed by atoms with E-state index in [2.05, 4.69) is 10.2 Å². The Morgan fingerprint density at radius 3 is 2.57 bits per heavy atom. The SMILES string of the molecule is CCOC(=O)CN1C2CCCC1CC(NC(=O)c1cc(Cl)c(N)cc1OC)C2. The number of hydrogen-bond acceptors (Lipinski definition) is 6. The van der Waals surface area contributed by atoms with Crippen LogP contribution in [-0.2, 0) is 9.53 Å². The van der Waals surface area contributed by atoms with Crippen molar-refractivity contribution in [2.24, 2.45) is 0 Å². The van der Waals surface area contributed by atoms with E-state index >= 15 is 0 Å². The van der Waals surface area contributed by atoms with Crippen molar-refractivity contribution in [3.8, 4) is 5.75 Å². The third kappa shape index (κ3) is 4.52. The van der Waals surface area contributed by atoms with Gasteiger partial charge in [0.05, 0.1) is 36.5 Å². The zero-order valence-electron chi connectivity index (χ0n) is 16.4. The highest BCUT2D eigenvalue weighted by Gasteiger charge is 2.39. The summed E-state index contributed by atoms with van der Waals surface area (Å²) in [6.07, 6.45) is 4.83. The molecule has 2 fully saturated rings. The van der Waals surface area contributed by atoms with Crippen LogP contribution in [0.2, 0.25) is 5.02 Å². The molecule has 1 aromatic rings. The summed E-state index contributed by atoms with van der Waals surface area (Å²) >= 11 is 6.09. The van der Waals surface area contributed by atoms with Gasteiger partial charge in [-0.1, -0.05) is 18.0 Å². The highest BCUT2D eigenvalue weighted by molar-refractivity contribution is 6.33. The predicted octanol–water partition coefficient (Wildman–Crippen LogP) is 2.61. The lowest BCUT2D eigenvalue weighted by Gasteiger charge is -2.48. The monoisotopic (exact) mass is 409 g/mol. The van der Waals surface area contributed by atoms with Gasteiger partial charge in [0.15, 0.2) is 0 Å². The van der Waals surface area contributed by atoms with Gasteiger partial charge in [0.1, 0.15) is 5.75 Å². The number of ether oxygens (including phenoxy) is 2. The topological polar surface area (TPSA) is 93.9 Å². The quantitative estimate of drug-likeness (QED) is 0.554. The summed E-state index contributed by atoms with van der Waals surface area (Å²) in [5.74, 6) is 0.00291. The number of fused-ring (bicyclic) bond motifs is 2. The first kappa shape index (κ1) is 20.7. The van der Waals surface area contributed by atoms with Crippen molar-refractivity contribution in [2.75, 3.05) is 26.0 Å². The van der Waals surface area contributed by atoms with Crippen LogP contribution in [0.1, 0.15) is 49.4 Å². The average Bonchev–Trinajstić information content (AvgIpc) is 2.64. The van der Waals surface area contributed by atoms with E-state index in [-0.39, 0.29) is 30.0 Å². The first-order chi connectivity index (χ1) is 13.4. The predicted molar refractivity (Wildman–Crippen MR) is 108 cm³/mol. The van der Waals surface area contributed by atoms with Crippen LogP contribution in [0.15, 0.2) is 12.1 Å². The van der Waals surface area contributed by atoms with Gasteiger partial charge in [-0.15, -0.1) is 0 Å². The molecule has 0 spiro atoms. The van der Waals surface area contributed by atoms with E-state index in [1.807, 2.05) is 6.92 Å². The number of halogens is 1. The molecule has 2 atom stereocenters. The molecular formula is C20H28ClN3O4. The van der Waals surface area contributed by atoms with Gasteiger partial charge in [0, 0.05) is 24.2 Å². The lowest BCUT2D eigenvalue weighted by Crippen LogP contribution is -2.58. The van der Waals surface area contributed by atoms with Gasteiger partial charge in [0.2, 0.25) is 0 Å². The molecule has 1 aromatic carbocycles. The third-order valence-corrected chi connectivity index (χ3v) is 5.97. The first-order valence-electron chi connectivity index (χ1n) is 9.78. The molecule has 0 aromatic heterocycles. The fraction of sp³-hybridized carbons (Fsp3) is 0.600. The second kappa shape index (κ2) is 9.01. The zero-order chi connectivity index (χ0) is 20.3. The highest BCUT2D eigenvalue weighted by atomic mass is 35.5. The molecule has 0 radical (unpaired) electrons. The maximum Gasteiger partial charge on any atom is 0.320 e. The molecule has 2 unspecified atom stereocenters. The van der Waals surface area contributed by atoms with Crippen LogP contribution in [0.5, 0.6) is 5.75 Å². The normalized spacial score (nSPS) is 24.5. The molecule has 2 aliphatic rings. The molecule has 28 heavy (non-hydrogen) atoms. The summed E-state index contributed by atoms with van der Waals surface area (Å²) < 4.78 is 10.4. The van der Waals surface area contributed by atoms with E-state index < -0.39 is 0 Å². The number of anilines is 1. The minimum Gasteiger partial charge on any atom is -0.496 e. The largest absolute Gasteiger partial charge is 0.496 e. The van der Waals surface area contributed by atoms with Gasteiger partial charge in [-0.2, -0.15) is 0 Å². The second-order valence-corrected chi connectivity index (χ2v) is 7.84. The first-order valence-corrected chi connectivity index (χ1v) is 10.2. The number of carbonyl (C=O) groups is 2. The van der Waals surface area contributed by atoms with Gasteiger partial charge < -0.3 is 20.5 Å². The maximum absolute atomic E-state index is 12.8. The zero-order valence-corrected chi connectivity index (χ0v) is 17.1. The van der Waals surface area contributed by atoms with Crippen molar-refractivity contribution in [1.29, 1.82) is 0 Å². The maximum atomic E-state index is 12.8. The molecule has 154 valence electrons. The van der Waals surface area contributed by atoms with Crippen LogP contribution < -0.4 is 15.8 Å². The number of carbonyl (C=O) groups excluding carboxylic acids is 2. The van der Waals surface area contributed by atoms with Crippen molar-refractivity contribution in [1.82, 2.24) is 10.2 Å². The summed E-state index contributed by atoms with van der Waals surface area (Å²) in [6.45, 7) is 2.54. The summed E-state index contributed by atoms with van der Waals surface area (Å²) in [5, 5.41) is 3.45. The lowest BCUT2D eigenvalue weighted by molar-refractivity contribution is -0.147. The average molecular weight is 410 g/mol. The summed E-state index contributed by atoms with van der Waals surface area (Å²) in [6, 6.07) is 3.70. The van der Waals surface area contributed by atoms with Crippen LogP contribution in [-0.4, -0.2) is 55.2 Å². The highest BCUT2D eigenvalue weighted by Crippen LogP contribution is 2.34. The van der Waals surface area contributed by atoms with Crippen molar-refractivity contribution in [3.63, 3.8) is 0 Å². The Hall–Kier alpha value is -1.99. The molecular weight excluding hydrogens is 382 g/mol. The second-order valence-electron chi connectivity index (χ2n) is 7.43. The molecule has 1 amide bonds. The minimum absolute atomic E-state index is 0.0438. The summed E-state index contributed by atoms with van der Waals surface area (Å²) in [7, 11) is 1.50. The number of amides is 1. The van der Waals surface area contributed by atoms with Gasteiger partial charge in [-0.25, -0.2) is 0 Å². The molecule has 2 aliphatic heterocycles. The molecule has 7 nitrogen and oxygen atoms in total. The van der Waals surface area contributed by atoms with Gasteiger partial charge in [0.25, 0.3) is 5.91 Å². The molecule has 3 N–H and O–H groups in total. The number of hydrogen-bond donors (Lipinski definition) is 2. The summed E-state index contributed by atoms with van der Waals surface area (Å²) in [4.78, 5) is 27.0. The van der Waals surface area contributed by atoms with Crippen molar-refractivity contribution >= 4 is 29.2 Å². The Morgan fingerprint density at radius 2 is 1.96 bits per heavy atom. The molecule has 0 saturated carbocycles. The molecule has 3 rings (SSSR count). The van der Waals surface area contributed by atoms with Crippen LogP contribution in [0.25, 0.3) is 0 Å². The number of nitrogens with one attached hydrogen (secondary N) is 1. The van der Waals surface area contributed by atoms with Gasteiger partial charge in [-0.05, 0) is 38.7 Å². The third-order valence-electron chi connectivity index (χ3n) is 5.64. The van der Waals surface area contributed by atoms with E-state index in [1.165, 1.54) is 7.11 Å². The number of piperidine rings is 2. The Bertz CT molecular complexity index is 728. The van der Waals surface area contributed by atoms with Gasteiger partial charge >= 0.3 is 5.97 Å². The van der Waals surface area contributed by atoms with Crippen LogP contribution >= 0.6 is 11.6 Å². The van der Waals surface area contributed by atoms with E-state index in [4.69, 9.17) is 26.8 Å². The Morgan fingerprint density at radius 1 is 1.29 bits per heavy atom. The van der Waals surface area contributed by atoms with E-state index in [9.17, 15) is 9.59 Å². The van der Waals surface area contributed by atoms with Crippen LogP contribution in [0.4, 0.5) is 5.69 Å². The minimum atomic E-state index is -0.222. The number of benzene rings is 1. The fourth-order valence-corrected chi connectivity index (χ4v) is 4.55. The lowest BCUT2D eigenvalue weighted by atomic mass is 9.81. The Kier molecular flexibility index (Phi) is 6.67. The molecule has 0 aliphatic carbocycles. The number of methoxy groups -OCH3 is 1. The number of nitrogens with zero attached hydrogens (tertiary/aromatic N) is 1. The number of nitrogen functional groups attached to an aromatic ring is 1. The van der Waals surface area contributed by atoms with Crippen LogP contribution in [0, 0.1) is 0 Å². The van der Waals surface area contributed by atoms with Crippen molar-refractivity contribution < 1.29 is 19.1 Å². The smallest absolute Gasteiger partial charge is 0.320 e. The molecule has 2 heterocycles.